The summed E-state index contributed by atoms with van der Waals surface area (Å²) in [5, 5.41) is 9.17. The summed E-state index contributed by atoms with van der Waals surface area (Å²) in [6, 6.07) is 0. The summed E-state index contributed by atoms with van der Waals surface area (Å²) in [5.41, 5.74) is -0.0198. The molecule has 1 unspecified atom stereocenters. The SMILES string of the molecule is CC(O)C(=O)N(C)C1(C)CCCC1. The third-order valence-corrected chi connectivity index (χ3v) is 3.18. The molecule has 0 aromatic rings. The second-order valence-electron chi connectivity index (χ2n) is 4.28. The van der Waals surface area contributed by atoms with Crippen molar-refractivity contribution >= 4 is 5.91 Å². The van der Waals surface area contributed by atoms with Crippen LogP contribution < -0.4 is 0 Å². The Bertz CT molecular complexity index is 195. The Balaban J connectivity index is 2.65. The number of hydrogen-bond acceptors (Lipinski definition) is 2. The molecule has 0 saturated heterocycles. The molecule has 0 aliphatic heterocycles. The molecule has 1 aliphatic rings. The van der Waals surface area contributed by atoms with Crippen LogP contribution in [0.5, 0.6) is 0 Å². The van der Waals surface area contributed by atoms with Gasteiger partial charge in [-0.15, -0.1) is 0 Å². The topological polar surface area (TPSA) is 40.5 Å². The van der Waals surface area contributed by atoms with E-state index in [0.29, 0.717) is 0 Å². The first-order chi connectivity index (χ1) is 5.97. The molecule has 1 rings (SSSR count). The van der Waals surface area contributed by atoms with Crippen molar-refractivity contribution in [3.8, 4) is 0 Å². The third kappa shape index (κ3) is 2.02. The minimum absolute atomic E-state index is 0.0198. The van der Waals surface area contributed by atoms with E-state index in [1.807, 2.05) is 0 Å². The van der Waals surface area contributed by atoms with Gasteiger partial charge in [0.2, 0.25) is 0 Å². The molecule has 0 heterocycles. The molecule has 3 heteroatoms. The van der Waals surface area contributed by atoms with Gasteiger partial charge >= 0.3 is 0 Å². The maximum Gasteiger partial charge on any atom is 0.251 e. The quantitative estimate of drug-likeness (QED) is 0.701. The lowest BCUT2D eigenvalue weighted by molar-refractivity contribution is -0.143. The molecule has 1 saturated carbocycles. The minimum atomic E-state index is -0.873. The lowest BCUT2D eigenvalue weighted by Crippen LogP contribution is -2.48. The predicted molar refractivity (Wildman–Crippen MR) is 51.3 cm³/mol. The van der Waals surface area contributed by atoms with Gasteiger partial charge < -0.3 is 10.0 Å². The van der Waals surface area contributed by atoms with Crippen molar-refractivity contribution in [2.45, 2.75) is 51.2 Å². The van der Waals surface area contributed by atoms with Crippen LogP contribution in [0.2, 0.25) is 0 Å². The maximum atomic E-state index is 11.5. The van der Waals surface area contributed by atoms with Crippen LogP contribution in [0, 0.1) is 0 Å². The van der Waals surface area contributed by atoms with Crippen LogP contribution in [0.1, 0.15) is 39.5 Å². The van der Waals surface area contributed by atoms with Crippen LogP contribution in [-0.4, -0.2) is 34.6 Å². The summed E-state index contributed by atoms with van der Waals surface area (Å²) in [4.78, 5) is 13.2. The summed E-state index contributed by atoms with van der Waals surface area (Å²) in [7, 11) is 1.79. The van der Waals surface area contributed by atoms with Crippen molar-refractivity contribution in [3.05, 3.63) is 0 Å². The van der Waals surface area contributed by atoms with E-state index in [9.17, 15) is 9.90 Å². The maximum absolute atomic E-state index is 11.5. The van der Waals surface area contributed by atoms with E-state index in [0.717, 1.165) is 12.8 Å². The van der Waals surface area contributed by atoms with Gasteiger partial charge in [-0.3, -0.25) is 4.79 Å². The highest BCUT2D eigenvalue weighted by Gasteiger charge is 2.36. The minimum Gasteiger partial charge on any atom is -0.384 e. The zero-order valence-electron chi connectivity index (χ0n) is 8.71. The van der Waals surface area contributed by atoms with Gasteiger partial charge in [0.25, 0.3) is 5.91 Å². The molecule has 1 N–H and O–H groups in total. The van der Waals surface area contributed by atoms with Gasteiger partial charge in [-0.1, -0.05) is 12.8 Å². The fraction of sp³-hybridized carbons (Fsp3) is 0.900. The highest BCUT2D eigenvalue weighted by Crippen LogP contribution is 2.34. The number of nitrogens with zero attached hydrogens (tertiary/aromatic N) is 1. The highest BCUT2D eigenvalue weighted by atomic mass is 16.3. The average molecular weight is 185 g/mol. The Morgan fingerprint density at radius 1 is 1.46 bits per heavy atom. The largest absolute Gasteiger partial charge is 0.384 e. The van der Waals surface area contributed by atoms with Crippen molar-refractivity contribution in [1.82, 2.24) is 4.90 Å². The normalized spacial score (nSPS) is 22.8. The molecule has 13 heavy (non-hydrogen) atoms. The first-order valence-electron chi connectivity index (χ1n) is 4.93. The van der Waals surface area contributed by atoms with E-state index in [1.54, 1.807) is 11.9 Å². The number of hydrogen-bond donors (Lipinski definition) is 1. The first-order valence-corrected chi connectivity index (χ1v) is 4.93. The predicted octanol–water partition coefficient (Wildman–Crippen LogP) is 1.16. The molecule has 1 amide bonds. The number of rotatable bonds is 2. The van der Waals surface area contributed by atoms with Crippen molar-refractivity contribution in [1.29, 1.82) is 0 Å². The number of likely N-dealkylation sites (N-methyl/N-ethyl adjacent to an activating group) is 1. The molecule has 0 aromatic heterocycles. The number of aliphatic hydroxyl groups is 1. The summed E-state index contributed by atoms with van der Waals surface area (Å²) in [6.07, 6.45) is 3.62. The molecule has 3 nitrogen and oxygen atoms in total. The van der Waals surface area contributed by atoms with Crippen LogP contribution >= 0.6 is 0 Å². The summed E-state index contributed by atoms with van der Waals surface area (Å²) in [5.74, 6) is -0.163. The van der Waals surface area contributed by atoms with Crippen LogP contribution in [-0.2, 0) is 4.79 Å². The van der Waals surface area contributed by atoms with Gasteiger partial charge in [-0.25, -0.2) is 0 Å². The third-order valence-electron chi connectivity index (χ3n) is 3.18. The van der Waals surface area contributed by atoms with Gasteiger partial charge in [0.15, 0.2) is 0 Å². The van der Waals surface area contributed by atoms with Crippen molar-refractivity contribution in [3.63, 3.8) is 0 Å². The fourth-order valence-electron chi connectivity index (χ4n) is 2.02. The van der Waals surface area contributed by atoms with Crippen molar-refractivity contribution in [2.75, 3.05) is 7.05 Å². The standard InChI is InChI=1S/C10H19NO2/c1-8(12)9(13)11(3)10(2)6-4-5-7-10/h8,12H,4-7H2,1-3H3. The fourth-order valence-corrected chi connectivity index (χ4v) is 2.02. The van der Waals surface area contributed by atoms with Gasteiger partial charge in [0.1, 0.15) is 6.10 Å². The van der Waals surface area contributed by atoms with E-state index in [-0.39, 0.29) is 11.4 Å². The van der Waals surface area contributed by atoms with E-state index < -0.39 is 6.10 Å². The van der Waals surface area contributed by atoms with E-state index in [4.69, 9.17) is 0 Å². The summed E-state index contributed by atoms with van der Waals surface area (Å²) >= 11 is 0. The van der Waals surface area contributed by atoms with Crippen LogP contribution in [0.4, 0.5) is 0 Å². The van der Waals surface area contributed by atoms with Gasteiger partial charge in [-0.05, 0) is 26.7 Å². The number of aliphatic hydroxyl groups excluding tert-OH is 1. The second kappa shape index (κ2) is 3.66. The first kappa shape index (κ1) is 10.5. The molecule has 1 fully saturated rings. The molecule has 76 valence electrons. The Morgan fingerprint density at radius 2 is 1.92 bits per heavy atom. The smallest absolute Gasteiger partial charge is 0.251 e. The van der Waals surface area contributed by atoms with E-state index >= 15 is 0 Å². The average Bonchev–Trinajstić information content (AvgIpc) is 2.50. The molecule has 1 aliphatic carbocycles. The summed E-state index contributed by atoms with van der Waals surface area (Å²) < 4.78 is 0. The Hall–Kier alpha value is -0.570. The van der Waals surface area contributed by atoms with Crippen LogP contribution in [0.15, 0.2) is 0 Å². The Labute approximate surface area is 79.7 Å². The number of carbonyl (C=O) groups excluding carboxylic acids is 1. The molecular weight excluding hydrogens is 166 g/mol. The summed E-state index contributed by atoms with van der Waals surface area (Å²) in [6.45, 7) is 3.62. The van der Waals surface area contributed by atoms with Gasteiger partial charge in [0, 0.05) is 12.6 Å². The lowest BCUT2D eigenvalue weighted by Gasteiger charge is -2.36. The number of amides is 1. The molecular formula is C10H19NO2. The van der Waals surface area contributed by atoms with Crippen LogP contribution in [0.3, 0.4) is 0 Å². The van der Waals surface area contributed by atoms with Gasteiger partial charge in [-0.2, -0.15) is 0 Å². The van der Waals surface area contributed by atoms with E-state index in [2.05, 4.69) is 6.92 Å². The Kier molecular flexibility index (Phi) is 2.96. The highest BCUT2D eigenvalue weighted by molar-refractivity contribution is 5.80. The monoisotopic (exact) mass is 185 g/mol. The Morgan fingerprint density at radius 3 is 2.31 bits per heavy atom. The van der Waals surface area contributed by atoms with Crippen LogP contribution in [0.25, 0.3) is 0 Å². The molecule has 0 radical (unpaired) electrons. The van der Waals surface area contributed by atoms with Crippen molar-refractivity contribution in [2.24, 2.45) is 0 Å². The zero-order valence-corrected chi connectivity index (χ0v) is 8.71. The molecule has 1 atom stereocenters. The number of carbonyl (C=O) groups is 1. The van der Waals surface area contributed by atoms with Crippen molar-refractivity contribution < 1.29 is 9.90 Å². The van der Waals surface area contributed by atoms with Gasteiger partial charge in [0.05, 0.1) is 0 Å². The van der Waals surface area contributed by atoms with E-state index in [1.165, 1.54) is 19.8 Å². The lowest BCUT2D eigenvalue weighted by atomic mass is 9.98. The molecule has 0 bridgehead atoms. The molecule has 0 spiro atoms. The molecule has 0 aromatic carbocycles. The second-order valence-corrected chi connectivity index (χ2v) is 4.28. The zero-order chi connectivity index (χ0) is 10.1.